The summed E-state index contributed by atoms with van der Waals surface area (Å²) in [6.07, 6.45) is -1.27. The normalized spacial score (nSPS) is 16.8. The molecule has 33 heavy (non-hydrogen) atoms. The first kappa shape index (κ1) is 25.1. The SMILES string of the molecule is CCOc1ccc(N2C(=O)CC(N(CC(OC)OC)S(=O)(=O)c3ccc(Cl)cc3)C2=O)cc1. The molecule has 1 fully saturated rings. The Bertz CT molecular complexity index is 1090. The summed E-state index contributed by atoms with van der Waals surface area (Å²) in [5.74, 6) is -0.587. The Hall–Kier alpha value is -2.50. The van der Waals surface area contributed by atoms with Crippen molar-refractivity contribution in [3.63, 3.8) is 0 Å². The second-order valence-electron chi connectivity index (χ2n) is 7.14. The van der Waals surface area contributed by atoms with Gasteiger partial charge in [-0.05, 0) is 55.5 Å². The van der Waals surface area contributed by atoms with E-state index in [0.717, 1.165) is 9.21 Å². The molecule has 11 heteroatoms. The molecule has 2 amide bonds. The maximum Gasteiger partial charge on any atom is 0.252 e. The lowest BCUT2D eigenvalue weighted by molar-refractivity contribution is -0.125. The van der Waals surface area contributed by atoms with Crippen LogP contribution in [-0.2, 0) is 29.1 Å². The van der Waals surface area contributed by atoms with E-state index >= 15 is 0 Å². The summed E-state index contributed by atoms with van der Waals surface area (Å²) >= 11 is 5.89. The highest BCUT2D eigenvalue weighted by Crippen LogP contribution is 2.31. The average molecular weight is 497 g/mol. The number of ether oxygens (including phenoxy) is 3. The maximum atomic E-state index is 13.5. The number of anilines is 1. The van der Waals surface area contributed by atoms with Crippen LogP contribution in [0, 0.1) is 0 Å². The number of methoxy groups -OCH3 is 2. The number of carbonyl (C=O) groups is 2. The number of halogens is 1. The largest absolute Gasteiger partial charge is 0.494 e. The Morgan fingerprint density at radius 2 is 1.67 bits per heavy atom. The van der Waals surface area contributed by atoms with Crippen LogP contribution in [0.15, 0.2) is 53.4 Å². The van der Waals surface area contributed by atoms with Gasteiger partial charge in [0.05, 0.1) is 30.2 Å². The molecule has 0 radical (unpaired) electrons. The fourth-order valence-corrected chi connectivity index (χ4v) is 5.19. The number of carbonyl (C=O) groups excluding carboxylic acids is 2. The molecule has 9 nitrogen and oxygen atoms in total. The van der Waals surface area contributed by atoms with Gasteiger partial charge in [-0.1, -0.05) is 11.6 Å². The minimum atomic E-state index is -4.20. The van der Waals surface area contributed by atoms with E-state index in [0.29, 0.717) is 23.1 Å². The van der Waals surface area contributed by atoms with E-state index in [4.69, 9.17) is 25.8 Å². The fourth-order valence-electron chi connectivity index (χ4n) is 3.50. The van der Waals surface area contributed by atoms with Crippen LogP contribution in [0.4, 0.5) is 5.69 Å². The van der Waals surface area contributed by atoms with Gasteiger partial charge in [-0.15, -0.1) is 0 Å². The van der Waals surface area contributed by atoms with Gasteiger partial charge in [-0.2, -0.15) is 4.31 Å². The zero-order chi connectivity index (χ0) is 24.2. The highest BCUT2D eigenvalue weighted by atomic mass is 35.5. The molecular formula is C22H25ClN2O7S. The van der Waals surface area contributed by atoms with Gasteiger partial charge in [0.25, 0.3) is 5.91 Å². The summed E-state index contributed by atoms with van der Waals surface area (Å²) < 4.78 is 43.7. The number of hydrogen-bond acceptors (Lipinski definition) is 7. The molecule has 1 aliphatic heterocycles. The lowest BCUT2D eigenvalue weighted by Gasteiger charge is -2.29. The monoisotopic (exact) mass is 496 g/mol. The van der Waals surface area contributed by atoms with E-state index in [1.807, 2.05) is 6.92 Å². The molecule has 1 aliphatic rings. The smallest absolute Gasteiger partial charge is 0.252 e. The van der Waals surface area contributed by atoms with Crippen LogP contribution in [0.5, 0.6) is 5.75 Å². The first-order valence-electron chi connectivity index (χ1n) is 10.2. The van der Waals surface area contributed by atoms with Crippen molar-refractivity contribution >= 4 is 39.1 Å². The molecule has 0 N–H and O–H groups in total. The molecular weight excluding hydrogens is 472 g/mol. The van der Waals surface area contributed by atoms with E-state index in [1.165, 1.54) is 38.5 Å². The van der Waals surface area contributed by atoms with Crippen LogP contribution < -0.4 is 9.64 Å². The van der Waals surface area contributed by atoms with Gasteiger partial charge >= 0.3 is 0 Å². The zero-order valence-corrected chi connectivity index (χ0v) is 20.0. The summed E-state index contributed by atoms with van der Waals surface area (Å²) in [5, 5.41) is 0.362. The third kappa shape index (κ3) is 5.36. The third-order valence-corrected chi connectivity index (χ3v) is 7.29. The molecule has 1 saturated heterocycles. The second kappa shape index (κ2) is 10.6. The summed E-state index contributed by atoms with van der Waals surface area (Å²) in [5.41, 5.74) is 0.329. The first-order chi connectivity index (χ1) is 15.7. The highest BCUT2D eigenvalue weighted by molar-refractivity contribution is 7.89. The first-order valence-corrected chi connectivity index (χ1v) is 12.0. The van der Waals surface area contributed by atoms with Crippen LogP contribution in [0.25, 0.3) is 0 Å². The van der Waals surface area contributed by atoms with Gasteiger partial charge in [0.15, 0.2) is 6.29 Å². The predicted octanol–water partition coefficient (Wildman–Crippen LogP) is 2.68. The predicted molar refractivity (Wildman–Crippen MR) is 122 cm³/mol. The molecule has 0 bridgehead atoms. The lowest BCUT2D eigenvalue weighted by atomic mass is 10.2. The topological polar surface area (TPSA) is 102 Å². The lowest BCUT2D eigenvalue weighted by Crippen LogP contribution is -2.49. The Morgan fingerprint density at radius 1 is 1.06 bits per heavy atom. The quantitative estimate of drug-likeness (QED) is 0.368. The van der Waals surface area contributed by atoms with Gasteiger partial charge in [0.2, 0.25) is 15.9 Å². The Labute approximate surface area is 197 Å². The maximum absolute atomic E-state index is 13.5. The van der Waals surface area contributed by atoms with Crippen molar-refractivity contribution in [3.05, 3.63) is 53.6 Å². The minimum absolute atomic E-state index is 0.0716. The number of imide groups is 1. The van der Waals surface area contributed by atoms with E-state index in [1.54, 1.807) is 24.3 Å². The number of benzene rings is 2. The summed E-state index contributed by atoms with van der Waals surface area (Å²) in [7, 11) is -1.49. The third-order valence-electron chi connectivity index (χ3n) is 5.15. The summed E-state index contributed by atoms with van der Waals surface area (Å²) in [6, 6.07) is 10.7. The van der Waals surface area contributed by atoms with Crippen molar-refractivity contribution in [1.29, 1.82) is 0 Å². The molecule has 0 spiro atoms. The van der Waals surface area contributed by atoms with E-state index < -0.39 is 34.2 Å². The molecule has 3 rings (SSSR count). The minimum Gasteiger partial charge on any atom is -0.494 e. The number of sulfonamides is 1. The van der Waals surface area contributed by atoms with E-state index in [-0.39, 0.29) is 17.9 Å². The van der Waals surface area contributed by atoms with Gasteiger partial charge in [0, 0.05) is 19.2 Å². The molecule has 2 aromatic carbocycles. The van der Waals surface area contributed by atoms with Crippen molar-refractivity contribution in [2.75, 3.05) is 32.3 Å². The van der Waals surface area contributed by atoms with Crippen LogP contribution >= 0.6 is 11.6 Å². The van der Waals surface area contributed by atoms with Gasteiger partial charge in [0.1, 0.15) is 11.8 Å². The standard InChI is InChI=1S/C22H25ClN2O7S/c1-4-32-17-9-7-16(8-10-17)25-20(26)13-19(22(25)27)24(14-21(30-2)31-3)33(28,29)18-11-5-15(23)6-12-18/h5-12,19,21H,4,13-14H2,1-3H3. The number of hydrogen-bond donors (Lipinski definition) is 0. The molecule has 1 unspecified atom stereocenters. The molecule has 0 aromatic heterocycles. The molecule has 2 aromatic rings. The number of amides is 2. The Kier molecular flexibility index (Phi) is 8.09. The summed E-state index contributed by atoms with van der Waals surface area (Å²) in [6.45, 7) is 2.02. The van der Waals surface area contributed by atoms with Crippen LogP contribution in [0.3, 0.4) is 0 Å². The van der Waals surface area contributed by atoms with Crippen LogP contribution in [0.1, 0.15) is 13.3 Å². The van der Waals surface area contributed by atoms with Crippen molar-refractivity contribution in [2.24, 2.45) is 0 Å². The van der Waals surface area contributed by atoms with Crippen LogP contribution in [0.2, 0.25) is 5.02 Å². The molecule has 178 valence electrons. The average Bonchev–Trinajstić information content (AvgIpc) is 3.09. The number of rotatable bonds is 10. The van der Waals surface area contributed by atoms with Gasteiger partial charge in [-0.3, -0.25) is 9.59 Å². The van der Waals surface area contributed by atoms with E-state index in [9.17, 15) is 18.0 Å². The molecule has 0 saturated carbocycles. The van der Waals surface area contributed by atoms with Gasteiger partial charge in [-0.25, -0.2) is 13.3 Å². The molecule has 1 atom stereocenters. The van der Waals surface area contributed by atoms with E-state index in [2.05, 4.69) is 0 Å². The molecule has 1 heterocycles. The zero-order valence-electron chi connectivity index (χ0n) is 18.4. The van der Waals surface area contributed by atoms with Crippen LogP contribution in [-0.4, -0.2) is 64.2 Å². The fraction of sp³-hybridized carbons (Fsp3) is 0.364. The second-order valence-corrected chi connectivity index (χ2v) is 9.47. The van der Waals surface area contributed by atoms with Crippen molar-refractivity contribution in [1.82, 2.24) is 4.31 Å². The van der Waals surface area contributed by atoms with Crippen molar-refractivity contribution in [3.8, 4) is 5.75 Å². The number of nitrogens with zero attached hydrogens (tertiary/aromatic N) is 2. The van der Waals surface area contributed by atoms with Crippen molar-refractivity contribution in [2.45, 2.75) is 30.6 Å². The highest BCUT2D eigenvalue weighted by Gasteiger charge is 2.47. The van der Waals surface area contributed by atoms with Gasteiger partial charge < -0.3 is 14.2 Å². The van der Waals surface area contributed by atoms with Crippen molar-refractivity contribution < 1.29 is 32.2 Å². The Balaban J connectivity index is 1.97. The molecule has 0 aliphatic carbocycles. The Morgan fingerprint density at radius 3 is 2.21 bits per heavy atom. The summed E-state index contributed by atoms with van der Waals surface area (Å²) in [4.78, 5) is 27.1.